The second-order valence-corrected chi connectivity index (χ2v) is 6.67. The van der Waals surface area contributed by atoms with E-state index in [1.54, 1.807) is 0 Å². The van der Waals surface area contributed by atoms with Crippen molar-refractivity contribution in [3.63, 3.8) is 0 Å². The number of rotatable bonds is 4. The number of halogens is 1. The maximum absolute atomic E-state index is 13.1. The van der Waals surface area contributed by atoms with Gasteiger partial charge in [-0.3, -0.25) is 4.79 Å². The van der Waals surface area contributed by atoms with Crippen LogP contribution < -0.4 is 9.64 Å². The average molecular weight is 376 g/mol. The van der Waals surface area contributed by atoms with Crippen molar-refractivity contribution in [2.75, 3.05) is 31.1 Å². The van der Waals surface area contributed by atoms with Crippen LogP contribution in [0, 0.1) is 5.82 Å². The topological polar surface area (TPSA) is 32.8 Å². The zero-order valence-corrected chi connectivity index (χ0v) is 15.4. The van der Waals surface area contributed by atoms with Crippen LogP contribution in [0.1, 0.15) is 10.4 Å². The summed E-state index contributed by atoms with van der Waals surface area (Å²) in [4.78, 5) is 16.7. The number of carbonyl (C=O) groups excluding carboxylic acids is 1. The number of ether oxygens (including phenoxy) is 1. The van der Waals surface area contributed by atoms with Gasteiger partial charge in [-0.1, -0.05) is 30.3 Å². The quantitative estimate of drug-likeness (QED) is 0.668. The Morgan fingerprint density at radius 3 is 2.14 bits per heavy atom. The monoisotopic (exact) mass is 376 g/mol. The van der Waals surface area contributed by atoms with Crippen molar-refractivity contribution in [2.24, 2.45) is 0 Å². The van der Waals surface area contributed by atoms with E-state index in [1.165, 1.54) is 24.3 Å². The molecule has 0 aromatic heterocycles. The Morgan fingerprint density at radius 2 is 1.43 bits per heavy atom. The lowest BCUT2D eigenvalue weighted by Gasteiger charge is -2.36. The first-order valence-corrected chi connectivity index (χ1v) is 9.32. The second kappa shape index (κ2) is 8.13. The molecule has 3 aromatic rings. The predicted molar refractivity (Wildman–Crippen MR) is 107 cm³/mol. The number of anilines is 1. The van der Waals surface area contributed by atoms with E-state index in [0.29, 0.717) is 31.7 Å². The summed E-state index contributed by atoms with van der Waals surface area (Å²) in [6.07, 6.45) is 0. The molecule has 1 amide bonds. The molecule has 0 radical (unpaired) electrons. The summed E-state index contributed by atoms with van der Waals surface area (Å²) in [6.45, 7) is 2.63. The summed E-state index contributed by atoms with van der Waals surface area (Å²) in [5.41, 5.74) is 1.53. The number of amides is 1. The number of nitrogens with zero attached hydrogens (tertiary/aromatic N) is 2. The molecule has 0 spiro atoms. The van der Waals surface area contributed by atoms with Crippen LogP contribution in [-0.4, -0.2) is 37.0 Å². The average Bonchev–Trinajstić information content (AvgIpc) is 2.75. The molecular weight excluding hydrogens is 355 g/mol. The van der Waals surface area contributed by atoms with E-state index >= 15 is 0 Å². The molecule has 4 rings (SSSR count). The Bertz CT molecular complexity index is 936. The number of benzene rings is 3. The summed E-state index contributed by atoms with van der Waals surface area (Å²) >= 11 is 0. The molecule has 0 N–H and O–H groups in total. The summed E-state index contributed by atoms with van der Waals surface area (Å²) in [6, 6.07) is 23.3. The molecule has 1 fully saturated rings. The van der Waals surface area contributed by atoms with Crippen LogP contribution in [0.25, 0.3) is 0 Å². The van der Waals surface area contributed by atoms with E-state index in [2.05, 4.69) is 4.90 Å². The standard InChI is InChI=1S/C23H21FN2O2/c24-19-12-10-18(11-13-19)23(27)26-16-14-25(15-17-26)21-8-4-5-9-22(21)28-20-6-2-1-3-7-20/h1-13H,14-17H2. The molecule has 0 atom stereocenters. The first-order chi connectivity index (χ1) is 13.7. The molecule has 0 aliphatic carbocycles. The van der Waals surface area contributed by atoms with Crippen LogP contribution in [0.4, 0.5) is 10.1 Å². The first-order valence-electron chi connectivity index (χ1n) is 9.32. The van der Waals surface area contributed by atoms with E-state index in [0.717, 1.165) is 17.2 Å². The highest BCUT2D eigenvalue weighted by Crippen LogP contribution is 2.32. The number of para-hydroxylation sites is 3. The molecule has 3 aromatic carbocycles. The number of hydrogen-bond acceptors (Lipinski definition) is 3. The maximum Gasteiger partial charge on any atom is 0.253 e. The third kappa shape index (κ3) is 3.98. The smallest absolute Gasteiger partial charge is 0.253 e. The van der Waals surface area contributed by atoms with Crippen molar-refractivity contribution in [1.29, 1.82) is 0 Å². The van der Waals surface area contributed by atoms with Gasteiger partial charge in [-0.25, -0.2) is 4.39 Å². The van der Waals surface area contributed by atoms with Gasteiger partial charge < -0.3 is 14.5 Å². The van der Waals surface area contributed by atoms with E-state index in [9.17, 15) is 9.18 Å². The fourth-order valence-corrected chi connectivity index (χ4v) is 3.35. The van der Waals surface area contributed by atoms with Crippen LogP contribution in [0.5, 0.6) is 11.5 Å². The van der Waals surface area contributed by atoms with Crippen molar-refractivity contribution >= 4 is 11.6 Å². The summed E-state index contributed by atoms with van der Waals surface area (Å²) in [5, 5.41) is 0. The van der Waals surface area contributed by atoms with E-state index in [1.807, 2.05) is 59.5 Å². The Hall–Kier alpha value is -3.34. The molecule has 4 nitrogen and oxygen atoms in total. The van der Waals surface area contributed by atoms with Gasteiger partial charge in [0.15, 0.2) is 5.75 Å². The molecule has 28 heavy (non-hydrogen) atoms. The van der Waals surface area contributed by atoms with Crippen molar-refractivity contribution in [1.82, 2.24) is 4.90 Å². The predicted octanol–water partition coefficient (Wildman–Crippen LogP) is 4.58. The number of carbonyl (C=O) groups is 1. The minimum absolute atomic E-state index is 0.0616. The van der Waals surface area contributed by atoms with Gasteiger partial charge in [-0.2, -0.15) is 0 Å². The highest BCUT2D eigenvalue weighted by atomic mass is 19.1. The van der Waals surface area contributed by atoms with Gasteiger partial charge in [0.05, 0.1) is 5.69 Å². The number of hydrogen-bond donors (Lipinski definition) is 0. The van der Waals surface area contributed by atoms with Crippen molar-refractivity contribution in [3.05, 3.63) is 90.2 Å². The van der Waals surface area contributed by atoms with Gasteiger partial charge in [0.1, 0.15) is 11.6 Å². The lowest BCUT2D eigenvalue weighted by Crippen LogP contribution is -2.48. The number of piperazine rings is 1. The van der Waals surface area contributed by atoms with Crippen molar-refractivity contribution < 1.29 is 13.9 Å². The Labute approximate surface area is 163 Å². The lowest BCUT2D eigenvalue weighted by atomic mass is 10.1. The zero-order valence-electron chi connectivity index (χ0n) is 15.4. The van der Waals surface area contributed by atoms with Crippen molar-refractivity contribution in [3.8, 4) is 11.5 Å². The van der Waals surface area contributed by atoms with Gasteiger partial charge >= 0.3 is 0 Å². The van der Waals surface area contributed by atoms with Gasteiger partial charge in [0, 0.05) is 31.7 Å². The highest BCUT2D eigenvalue weighted by molar-refractivity contribution is 5.94. The van der Waals surface area contributed by atoms with E-state index < -0.39 is 0 Å². The van der Waals surface area contributed by atoms with Crippen LogP contribution in [0.2, 0.25) is 0 Å². The third-order valence-corrected chi connectivity index (χ3v) is 4.84. The lowest BCUT2D eigenvalue weighted by molar-refractivity contribution is 0.0746. The second-order valence-electron chi connectivity index (χ2n) is 6.67. The van der Waals surface area contributed by atoms with Gasteiger partial charge in [0.25, 0.3) is 5.91 Å². The maximum atomic E-state index is 13.1. The van der Waals surface area contributed by atoms with Gasteiger partial charge in [0.2, 0.25) is 0 Å². The summed E-state index contributed by atoms with van der Waals surface area (Å²) in [7, 11) is 0. The Kier molecular flexibility index (Phi) is 5.24. The molecule has 1 saturated heterocycles. The zero-order chi connectivity index (χ0) is 19.3. The van der Waals surface area contributed by atoms with Crippen LogP contribution in [0.3, 0.4) is 0 Å². The van der Waals surface area contributed by atoms with Crippen molar-refractivity contribution in [2.45, 2.75) is 0 Å². The normalized spacial score (nSPS) is 14.0. The first kappa shape index (κ1) is 18.0. The van der Waals surface area contributed by atoms with E-state index in [-0.39, 0.29) is 11.7 Å². The molecule has 0 bridgehead atoms. The van der Waals surface area contributed by atoms with Crippen LogP contribution in [-0.2, 0) is 0 Å². The van der Waals surface area contributed by atoms with Crippen LogP contribution >= 0.6 is 0 Å². The fourth-order valence-electron chi connectivity index (χ4n) is 3.35. The fraction of sp³-hybridized carbons (Fsp3) is 0.174. The minimum Gasteiger partial charge on any atom is -0.455 e. The molecule has 1 heterocycles. The van der Waals surface area contributed by atoms with E-state index in [4.69, 9.17) is 4.74 Å². The largest absolute Gasteiger partial charge is 0.455 e. The third-order valence-electron chi connectivity index (χ3n) is 4.84. The Morgan fingerprint density at radius 1 is 0.786 bits per heavy atom. The highest BCUT2D eigenvalue weighted by Gasteiger charge is 2.24. The van der Waals surface area contributed by atoms with Gasteiger partial charge in [-0.05, 0) is 48.5 Å². The molecule has 0 saturated carbocycles. The molecule has 0 unspecified atom stereocenters. The molecular formula is C23H21FN2O2. The molecule has 5 heteroatoms. The van der Waals surface area contributed by atoms with Crippen LogP contribution in [0.15, 0.2) is 78.9 Å². The van der Waals surface area contributed by atoms with Gasteiger partial charge in [-0.15, -0.1) is 0 Å². The summed E-state index contributed by atoms with van der Waals surface area (Å²) in [5.74, 6) is 1.19. The molecule has 142 valence electrons. The molecule has 1 aliphatic rings. The SMILES string of the molecule is O=C(c1ccc(F)cc1)N1CCN(c2ccccc2Oc2ccccc2)CC1. The summed E-state index contributed by atoms with van der Waals surface area (Å²) < 4.78 is 19.1. The minimum atomic E-state index is -0.337. The molecule has 1 aliphatic heterocycles. The Balaban J connectivity index is 1.44.